The second kappa shape index (κ2) is 3.72. The lowest BCUT2D eigenvalue weighted by Gasteiger charge is -2.57. The standard InChI is InChI=1S/C12H18O3/c1-10-14-12(15-10)8-4-3-6-11(12,2)7-5-9-13/h5,7,9-10H,3-4,6,8H2,1-2H3/b7-5+/t10?,11-,12?/m0/s1. The van der Waals surface area contributed by atoms with E-state index in [-0.39, 0.29) is 11.7 Å². The van der Waals surface area contributed by atoms with Crippen molar-refractivity contribution in [1.29, 1.82) is 0 Å². The molecule has 0 aromatic carbocycles. The fourth-order valence-electron chi connectivity index (χ4n) is 2.72. The molecule has 15 heavy (non-hydrogen) atoms. The fraction of sp³-hybridized carbons (Fsp3) is 0.750. The van der Waals surface area contributed by atoms with E-state index in [4.69, 9.17) is 9.47 Å². The number of carbonyl (C=O) groups is 1. The van der Waals surface area contributed by atoms with Gasteiger partial charge in [0.2, 0.25) is 0 Å². The largest absolute Gasteiger partial charge is 0.320 e. The van der Waals surface area contributed by atoms with Gasteiger partial charge in [0.25, 0.3) is 0 Å². The zero-order valence-corrected chi connectivity index (χ0v) is 9.36. The number of rotatable bonds is 2. The van der Waals surface area contributed by atoms with Crippen LogP contribution in [0.15, 0.2) is 12.2 Å². The number of hydrogen-bond acceptors (Lipinski definition) is 3. The Morgan fingerprint density at radius 1 is 1.27 bits per heavy atom. The van der Waals surface area contributed by atoms with E-state index in [9.17, 15) is 4.79 Å². The fourth-order valence-corrected chi connectivity index (χ4v) is 2.72. The number of hydrogen-bond donors (Lipinski definition) is 0. The molecule has 3 heteroatoms. The zero-order valence-electron chi connectivity index (χ0n) is 9.36. The Balaban J connectivity index is 2.19. The van der Waals surface area contributed by atoms with Crippen molar-refractivity contribution in [3.05, 3.63) is 12.2 Å². The van der Waals surface area contributed by atoms with Gasteiger partial charge in [0, 0.05) is 11.8 Å². The summed E-state index contributed by atoms with van der Waals surface area (Å²) in [5.41, 5.74) is -0.154. The Kier molecular flexibility index (Phi) is 2.69. The Morgan fingerprint density at radius 2 is 1.93 bits per heavy atom. The molecule has 1 saturated carbocycles. The van der Waals surface area contributed by atoms with Gasteiger partial charge in [-0.25, -0.2) is 0 Å². The van der Waals surface area contributed by atoms with Gasteiger partial charge >= 0.3 is 0 Å². The minimum Gasteiger partial charge on any atom is -0.320 e. The summed E-state index contributed by atoms with van der Waals surface area (Å²) in [5.74, 6) is -0.468. The summed E-state index contributed by atoms with van der Waals surface area (Å²) in [6.45, 7) is 4.02. The molecule has 1 aliphatic heterocycles. The molecule has 0 aromatic rings. The second-order valence-corrected chi connectivity index (χ2v) is 4.68. The van der Waals surface area contributed by atoms with Crippen molar-refractivity contribution in [2.24, 2.45) is 5.41 Å². The molecule has 0 aromatic heterocycles. The SMILES string of the molecule is CC1OC2(CCCC[C@@]2(C)/C=C/C=O)O1. The Bertz CT molecular complexity index is 273. The third kappa shape index (κ3) is 1.64. The van der Waals surface area contributed by atoms with Crippen LogP contribution in [0.5, 0.6) is 0 Å². The van der Waals surface area contributed by atoms with E-state index in [0.717, 1.165) is 25.5 Å². The molecule has 84 valence electrons. The van der Waals surface area contributed by atoms with Crippen molar-refractivity contribution in [2.45, 2.75) is 51.6 Å². The van der Waals surface area contributed by atoms with Crippen LogP contribution in [0.3, 0.4) is 0 Å². The average Bonchev–Trinajstić information content (AvgIpc) is 2.17. The first-order valence-electron chi connectivity index (χ1n) is 5.61. The first kappa shape index (κ1) is 10.8. The number of allylic oxidation sites excluding steroid dienone is 1. The van der Waals surface area contributed by atoms with Gasteiger partial charge in [-0.3, -0.25) is 4.79 Å². The van der Waals surface area contributed by atoms with Gasteiger partial charge in [-0.05, 0) is 25.8 Å². The molecule has 2 fully saturated rings. The molecule has 2 rings (SSSR count). The maximum atomic E-state index is 10.4. The lowest BCUT2D eigenvalue weighted by molar-refractivity contribution is -0.481. The monoisotopic (exact) mass is 210 g/mol. The summed E-state index contributed by atoms with van der Waals surface area (Å²) in [7, 11) is 0. The van der Waals surface area contributed by atoms with Crippen LogP contribution in [-0.2, 0) is 14.3 Å². The smallest absolute Gasteiger partial charge is 0.183 e. The van der Waals surface area contributed by atoms with Gasteiger partial charge in [-0.1, -0.05) is 19.4 Å². The van der Waals surface area contributed by atoms with Crippen molar-refractivity contribution < 1.29 is 14.3 Å². The molecule has 0 amide bonds. The first-order valence-corrected chi connectivity index (χ1v) is 5.61. The maximum absolute atomic E-state index is 10.4. The van der Waals surface area contributed by atoms with E-state index in [1.807, 2.05) is 13.0 Å². The number of ether oxygens (including phenoxy) is 2. The van der Waals surface area contributed by atoms with E-state index in [1.165, 1.54) is 6.42 Å². The van der Waals surface area contributed by atoms with Crippen LogP contribution in [0, 0.1) is 5.41 Å². The third-order valence-electron chi connectivity index (χ3n) is 3.58. The normalized spacial score (nSPS) is 45.6. The molecule has 0 N–H and O–H groups in total. The van der Waals surface area contributed by atoms with Crippen LogP contribution < -0.4 is 0 Å². The van der Waals surface area contributed by atoms with Gasteiger partial charge in [-0.15, -0.1) is 0 Å². The zero-order chi connectivity index (χ0) is 10.9. The number of carbonyl (C=O) groups excluding carboxylic acids is 1. The Morgan fingerprint density at radius 3 is 2.53 bits per heavy atom. The highest BCUT2D eigenvalue weighted by atomic mass is 16.9. The molecule has 1 spiro atoms. The topological polar surface area (TPSA) is 35.5 Å². The highest BCUT2D eigenvalue weighted by Gasteiger charge is 2.57. The molecule has 1 heterocycles. The molecule has 1 atom stereocenters. The Hall–Kier alpha value is -0.670. The van der Waals surface area contributed by atoms with Gasteiger partial charge in [0.05, 0.1) is 0 Å². The quantitative estimate of drug-likeness (QED) is 0.518. The second-order valence-electron chi connectivity index (χ2n) is 4.68. The summed E-state index contributed by atoms with van der Waals surface area (Å²) in [5, 5.41) is 0. The molecule has 3 nitrogen and oxygen atoms in total. The van der Waals surface area contributed by atoms with Gasteiger partial charge in [0.1, 0.15) is 6.29 Å². The van der Waals surface area contributed by atoms with Crippen molar-refractivity contribution >= 4 is 6.29 Å². The lowest BCUT2D eigenvalue weighted by atomic mass is 9.69. The van der Waals surface area contributed by atoms with Crippen LogP contribution in [0.2, 0.25) is 0 Å². The molecule has 0 bridgehead atoms. The lowest BCUT2D eigenvalue weighted by Crippen LogP contribution is -2.62. The van der Waals surface area contributed by atoms with E-state index in [0.29, 0.717) is 0 Å². The predicted molar refractivity (Wildman–Crippen MR) is 56.1 cm³/mol. The van der Waals surface area contributed by atoms with Crippen molar-refractivity contribution in [3.8, 4) is 0 Å². The minimum atomic E-state index is -0.468. The van der Waals surface area contributed by atoms with Crippen molar-refractivity contribution in [1.82, 2.24) is 0 Å². The van der Waals surface area contributed by atoms with Gasteiger partial charge in [-0.2, -0.15) is 0 Å². The number of aldehydes is 1. The average molecular weight is 210 g/mol. The summed E-state index contributed by atoms with van der Waals surface area (Å²) < 4.78 is 11.6. The van der Waals surface area contributed by atoms with Crippen molar-refractivity contribution in [2.75, 3.05) is 0 Å². The maximum Gasteiger partial charge on any atom is 0.183 e. The molecule has 0 unspecified atom stereocenters. The van der Waals surface area contributed by atoms with E-state index in [1.54, 1.807) is 6.08 Å². The minimum absolute atomic E-state index is 0.105. The summed E-state index contributed by atoms with van der Waals surface area (Å²) in [6, 6.07) is 0. The molecule has 1 aliphatic carbocycles. The van der Waals surface area contributed by atoms with E-state index < -0.39 is 5.79 Å². The summed E-state index contributed by atoms with van der Waals surface area (Å²) in [4.78, 5) is 10.4. The molecular weight excluding hydrogens is 192 g/mol. The van der Waals surface area contributed by atoms with Gasteiger partial charge < -0.3 is 9.47 Å². The first-order chi connectivity index (χ1) is 7.12. The van der Waals surface area contributed by atoms with Crippen molar-refractivity contribution in [3.63, 3.8) is 0 Å². The van der Waals surface area contributed by atoms with Crippen LogP contribution in [0.1, 0.15) is 39.5 Å². The van der Waals surface area contributed by atoms with Gasteiger partial charge in [0.15, 0.2) is 12.1 Å². The van der Waals surface area contributed by atoms with E-state index in [2.05, 4.69) is 6.92 Å². The van der Waals surface area contributed by atoms with Crippen LogP contribution in [0.4, 0.5) is 0 Å². The van der Waals surface area contributed by atoms with E-state index >= 15 is 0 Å². The summed E-state index contributed by atoms with van der Waals surface area (Å²) in [6.07, 6.45) is 8.46. The molecule has 0 radical (unpaired) electrons. The van der Waals surface area contributed by atoms with Crippen LogP contribution in [-0.4, -0.2) is 18.4 Å². The molecule has 1 saturated heterocycles. The molecule has 2 aliphatic rings. The highest BCUT2D eigenvalue weighted by molar-refractivity contribution is 5.65. The van der Waals surface area contributed by atoms with Crippen LogP contribution in [0.25, 0.3) is 0 Å². The molecular formula is C12H18O3. The third-order valence-corrected chi connectivity index (χ3v) is 3.58. The Labute approximate surface area is 90.4 Å². The summed E-state index contributed by atoms with van der Waals surface area (Å²) >= 11 is 0. The predicted octanol–water partition coefficient (Wildman–Crippen LogP) is 2.41. The highest BCUT2D eigenvalue weighted by Crippen LogP contribution is 2.53. The van der Waals surface area contributed by atoms with Crippen LogP contribution >= 0.6 is 0 Å².